The van der Waals surface area contributed by atoms with Crippen molar-refractivity contribution in [3.63, 3.8) is 0 Å². The van der Waals surface area contributed by atoms with Gasteiger partial charge in [0, 0.05) is 47.9 Å². The van der Waals surface area contributed by atoms with Crippen LogP contribution in [0.5, 0.6) is 0 Å². The Labute approximate surface area is 180 Å². The SMILES string of the molecule is CC1c2cc(Cl)ccc2-n2c(nnc2C2CC3(C2)CN(c2cnccn2)C3)CN1C. The summed E-state index contributed by atoms with van der Waals surface area (Å²) in [5.74, 6) is 3.53. The molecule has 2 aromatic heterocycles. The molecule has 1 saturated heterocycles. The van der Waals surface area contributed by atoms with Crippen LogP contribution in [0, 0.1) is 5.41 Å². The summed E-state index contributed by atoms with van der Waals surface area (Å²) >= 11 is 6.34. The van der Waals surface area contributed by atoms with Crippen molar-refractivity contribution in [2.75, 3.05) is 25.0 Å². The zero-order valence-corrected chi connectivity index (χ0v) is 17.9. The van der Waals surface area contributed by atoms with Gasteiger partial charge in [0.15, 0.2) is 5.82 Å². The fourth-order valence-corrected chi connectivity index (χ4v) is 5.61. The molecular formula is C22H24ClN7. The van der Waals surface area contributed by atoms with Crippen LogP contribution in [0.15, 0.2) is 36.8 Å². The van der Waals surface area contributed by atoms with E-state index < -0.39 is 0 Å². The molecular weight excluding hydrogens is 398 g/mol. The largest absolute Gasteiger partial charge is 0.354 e. The quantitative estimate of drug-likeness (QED) is 0.630. The molecule has 1 aliphatic carbocycles. The van der Waals surface area contributed by atoms with E-state index in [1.165, 1.54) is 11.3 Å². The zero-order chi connectivity index (χ0) is 20.5. The Morgan fingerprint density at radius 2 is 1.97 bits per heavy atom. The third kappa shape index (κ3) is 2.68. The molecule has 3 aliphatic rings. The molecule has 7 nitrogen and oxygen atoms in total. The number of anilines is 1. The average molecular weight is 422 g/mol. The van der Waals surface area contributed by atoms with E-state index in [0.29, 0.717) is 11.3 Å². The van der Waals surface area contributed by atoms with Crippen LogP contribution in [0.25, 0.3) is 5.69 Å². The van der Waals surface area contributed by atoms with E-state index in [4.69, 9.17) is 11.6 Å². The maximum atomic E-state index is 6.34. The molecule has 1 atom stereocenters. The first-order valence-electron chi connectivity index (χ1n) is 10.5. The first-order chi connectivity index (χ1) is 14.5. The predicted molar refractivity (Wildman–Crippen MR) is 115 cm³/mol. The minimum atomic E-state index is 0.271. The van der Waals surface area contributed by atoms with Crippen molar-refractivity contribution in [2.24, 2.45) is 5.41 Å². The number of halogens is 1. The van der Waals surface area contributed by atoms with Crippen molar-refractivity contribution in [1.29, 1.82) is 0 Å². The number of hydrogen-bond donors (Lipinski definition) is 0. The second-order valence-corrected chi connectivity index (χ2v) is 9.57. The summed E-state index contributed by atoms with van der Waals surface area (Å²) in [6, 6.07) is 6.45. The van der Waals surface area contributed by atoms with Crippen LogP contribution in [0.1, 0.15) is 48.9 Å². The van der Waals surface area contributed by atoms with Gasteiger partial charge in [-0.3, -0.25) is 14.5 Å². The summed E-state index contributed by atoms with van der Waals surface area (Å²) in [5.41, 5.74) is 2.78. The van der Waals surface area contributed by atoms with Gasteiger partial charge in [-0.15, -0.1) is 10.2 Å². The fraction of sp³-hybridized carbons (Fsp3) is 0.455. The molecule has 154 valence electrons. The Morgan fingerprint density at radius 1 is 1.13 bits per heavy atom. The molecule has 0 radical (unpaired) electrons. The summed E-state index contributed by atoms with van der Waals surface area (Å²) < 4.78 is 2.29. The molecule has 0 N–H and O–H groups in total. The van der Waals surface area contributed by atoms with E-state index in [0.717, 1.165) is 55.0 Å². The number of benzene rings is 1. The molecule has 1 spiro atoms. The third-order valence-corrected chi connectivity index (χ3v) is 7.37. The monoisotopic (exact) mass is 421 g/mol. The molecule has 3 aromatic rings. The van der Waals surface area contributed by atoms with E-state index >= 15 is 0 Å². The van der Waals surface area contributed by atoms with Crippen LogP contribution >= 0.6 is 11.6 Å². The number of hydrogen-bond acceptors (Lipinski definition) is 6. The Hall–Kier alpha value is -2.51. The van der Waals surface area contributed by atoms with Crippen LogP contribution < -0.4 is 4.90 Å². The summed E-state index contributed by atoms with van der Waals surface area (Å²) in [6.45, 7) is 5.10. The van der Waals surface area contributed by atoms with Gasteiger partial charge in [0.1, 0.15) is 11.6 Å². The van der Waals surface area contributed by atoms with Crippen LogP contribution in [-0.4, -0.2) is 49.8 Å². The van der Waals surface area contributed by atoms with Crippen molar-refractivity contribution in [2.45, 2.75) is 38.3 Å². The minimum Gasteiger partial charge on any atom is -0.354 e. The molecule has 6 rings (SSSR count). The minimum absolute atomic E-state index is 0.271. The van der Waals surface area contributed by atoms with Gasteiger partial charge >= 0.3 is 0 Å². The van der Waals surface area contributed by atoms with Gasteiger partial charge in [0.05, 0.1) is 18.4 Å². The van der Waals surface area contributed by atoms with Crippen molar-refractivity contribution in [3.8, 4) is 5.69 Å². The molecule has 0 bridgehead atoms. The smallest absolute Gasteiger partial charge is 0.151 e. The number of fused-ring (bicyclic) bond motifs is 3. The molecule has 2 aliphatic heterocycles. The maximum Gasteiger partial charge on any atom is 0.151 e. The van der Waals surface area contributed by atoms with E-state index in [1.54, 1.807) is 12.4 Å². The Bertz CT molecular complexity index is 1100. The molecule has 1 saturated carbocycles. The molecule has 30 heavy (non-hydrogen) atoms. The van der Waals surface area contributed by atoms with Crippen molar-refractivity contribution < 1.29 is 0 Å². The Kier molecular flexibility index (Phi) is 3.95. The molecule has 1 aromatic carbocycles. The predicted octanol–water partition coefficient (Wildman–Crippen LogP) is 3.60. The van der Waals surface area contributed by atoms with Crippen molar-refractivity contribution >= 4 is 17.4 Å². The summed E-state index contributed by atoms with van der Waals surface area (Å²) in [6.07, 6.45) is 7.63. The number of aromatic nitrogens is 5. The fourth-order valence-electron chi connectivity index (χ4n) is 5.43. The zero-order valence-electron chi connectivity index (χ0n) is 17.2. The third-order valence-electron chi connectivity index (χ3n) is 7.14. The molecule has 1 unspecified atom stereocenters. The second-order valence-electron chi connectivity index (χ2n) is 9.13. The molecule has 0 amide bonds. The Balaban J connectivity index is 1.27. The van der Waals surface area contributed by atoms with Crippen LogP contribution in [-0.2, 0) is 6.54 Å². The molecule has 4 heterocycles. The van der Waals surface area contributed by atoms with E-state index in [-0.39, 0.29) is 6.04 Å². The van der Waals surface area contributed by atoms with Crippen LogP contribution in [0.2, 0.25) is 5.02 Å². The maximum absolute atomic E-state index is 6.34. The summed E-state index contributed by atoms with van der Waals surface area (Å²) in [5, 5.41) is 10.0. The van der Waals surface area contributed by atoms with Gasteiger partial charge in [-0.25, -0.2) is 4.98 Å². The van der Waals surface area contributed by atoms with Crippen molar-refractivity contribution in [3.05, 3.63) is 59.0 Å². The summed E-state index contributed by atoms with van der Waals surface area (Å²) in [7, 11) is 2.13. The lowest BCUT2D eigenvalue weighted by molar-refractivity contribution is 0.0581. The van der Waals surface area contributed by atoms with Gasteiger partial charge in [0.2, 0.25) is 0 Å². The molecule has 8 heteroatoms. The van der Waals surface area contributed by atoms with E-state index in [9.17, 15) is 0 Å². The highest BCUT2D eigenvalue weighted by Gasteiger charge is 2.54. The average Bonchev–Trinajstić information content (AvgIpc) is 3.05. The highest BCUT2D eigenvalue weighted by atomic mass is 35.5. The standard InChI is InChI=1S/C22H24ClN7/c1-14-17-7-16(23)3-4-18(17)30-20(11-28(14)2)26-27-21(30)15-8-22(9-15)12-29(13-22)19-10-24-5-6-25-19/h3-7,10,14-15H,8-9,11-13H2,1-2H3. The highest BCUT2D eigenvalue weighted by molar-refractivity contribution is 6.30. The van der Waals surface area contributed by atoms with Gasteiger partial charge in [-0.05, 0) is 50.6 Å². The normalized spacial score (nSPS) is 22.8. The van der Waals surface area contributed by atoms with Gasteiger partial charge in [0.25, 0.3) is 0 Å². The lowest BCUT2D eigenvalue weighted by Crippen LogP contribution is -2.62. The van der Waals surface area contributed by atoms with Crippen LogP contribution in [0.4, 0.5) is 5.82 Å². The highest BCUT2D eigenvalue weighted by Crippen LogP contribution is 2.56. The lowest BCUT2D eigenvalue weighted by Gasteiger charge is -2.59. The van der Waals surface area contributed by atoms with Gasteiger partial charge in [-0.2, -0.15) is 0 Å². The van der Waals surface area contributed by atoms with Gasteiger partial charge in [-0.1, -0.05) is 11.6 Å². The van der Waals surface area contributed by atoms with Crippen molar-refractivity contribution in [1.82, 2.24) is 29.6 Å². The lowest BCUT2D eigenvalue weighted by atomic mass is 9.57. The number of rotatable bonds is 2. The van der Waals surface area contributed by atoms with Crippen LogP contribution in [0.3, 0.4) is 0 Å². The summed E-state index contributed by atoms with van der Waals surface area (Å²) in [4.78, 5) is 13.2. The molecule has 2 fully saturated rings. The second kappa shape index (κ2) is 6.49. The first-order valence-corrected chi connectivity index (χ1v) is 10.9. The van der Waals surface area contributed by atoms with E-state index in [1.807, 2.05) is 12.3 Å². The topological polar surface area (TPSA) is 63.0 Å². The Morgan fingerprint density at radius 3 is 2.73 bits per heavy atom. The van der Waals surface area contributed by atoms with Gasteiger partial charge < -0.3 is 4.90 Å². The first kappa shape index (κ1) is 18.3. The number of nitrogens with zero attached hydrogens (tertiary/aromatic N) is 7. The van der Waals surface area contributed by atoms with E-state index in [2.05, 4.69) is 60.6 Å².